The number of nitrogens with zero attached hydrogens (tertiary/aromatic N) is 5. The van der Waals surface area contributed by atoms with Crippen molar-refractivity contribution in [3.05, 3.63) is 33.9 Å². The second kappa shape index (κ2) is 4.95. The highest BCUT2D eigenvalue weighted by Gasteiger charge is 2.08. The van der Waals surface area contributed by atoms with Crippen molar-refractivity contribution in [2.75, 3.05) is 0 Å². The van der Waals surface area contributed by atoms with Crippen molar-refractivity contribution in [3.63, 3.8) is 0 Å². The largest absolute Gasteiger partial charge is 0.245 e. The Balaban J connectivity index is 1.77. The second-order valence-corrected chi connectivity index (χ2v) is 5.56. The lowest BCUT2D eigenvalue weighted by atomic mass is 10.4. The summed E-state index contributed by atoms with van der Waals surface area (Å²) in [5.41, 5.74) is 1.95. The normalized spacial score (nSPS) is 10.9. The summed E-state index contributed by atoms with van der Waals surface area (Å²) in [7, 11) is 0. The molecule has 3 heterocycles. The van der Waals surface area contributed by atoms with E-state index >= 15 is 0 Å². The third-order valence-corrected chi connectivity index (χ3v) is 4.13. The van der Waals surface area contributed by atoms with Gasteiger partial charge in [-0.1, -0.05) is 12.1 Å². The maximum absolute atomic E-state index is 4.51. The summed E-state index contributed by atoms with van der Waals surface area (Å²) in [6.45, 7) is 2.78. The third kappa shape index (κ3) is 2.32. The molecule has 7 heteroatoms. The van der Waals surface area contributed by atoms with Gasteiger partial charge in [0.25, 0.3) is 0 Å². The van der Waals surface area contributed by atoms with Crippen molar-refractivity contribution in [3.8, 4) is 10.7 Å². The molecular weight excluding hydrogens is 266 g/mol. The van der Waals surface area contributed by atoms with Gasteiger partial charge in [-0.2, -0.15) is 0 Å². The van der Waals surface area contributed by atoms with Crippen molar-refractivity contribution < 1.29 is 0 Å². The number of aromatic nitrogens is 5. The predicted octanol–water partition coefficient (Wildman–Crippen LogP) is 2.47. The van der Waals surface area contributed by atoms with Crippen LogP contribution in [0.25, 0.3) is 10.7 Å². The summed E-state index contributed by atoms with van der Waals surface area (Å²) in [6.07, 6.45) is 4.65. The second-order valence-electron chi connectivity index (χ2n) is 3.72. The molecule has 5 nitrogen and oxygen atoms in total. The quantitative estimate of drug-likeness (QED) is 0.735. The number of thiazole rings is 2. The van der Waals surface area contributed by atoms with Gasteiger partial charge in [0.1, 0.15) is 15.7 Å². The minimum absolute atomic E-state index is 0.670. The maximum atomic E-state index is 4.51. The molecule has 3 aromatic heterocycles. The smallest absolute Gasteiger partial charge is 0.145 e. The van der Waals surface area contributed by atoms with E-state index in [1.54, 1.807) is 33.6 Å². The summed E-state index contributed by atoms with van der Waals surface area (Å²) < 4.78 is 1.80. The van der Waals surface area contributed by atoms with E-state index < -0.39 is 0 Å². The first-order valence-electron chi connectivity index (χ1n) is 5.58. The Labute approximate surface area is 112 Å². The fourth-order valence-electron chi connectivity index (χ4n) is 1.55. The van der Waals surface area contributed by atoms with Crippen LogP contribution in [0.15, 0.2) is 23.2 Å². The van der Waals surface area contributed by atoms with Gasteiger partial charge < -0.3 is 0 Å². The Morgan fingerprint density at radius 1 is 1.33 bits per heavy atom. The molecule has 0 saturated heterocycles. The van der Waals surface area contributed by atoms with Crippen LogP contribution in [0.3, 0.4) is 0 Å². The fourth-order valence-corrected chi connectivity index (χ4v) is 3.00. The van der Waals surface area contributed by atoms with Crippen LogP contribution in [0.5, 0.6) is 0 Å². The minimum atomic E-state index is 0.670. The molecule has 0 fully saturated rings. The topological polar surface area (TPSA) is 56.5 Å². The summed E-state index contributed by atoms with van der Waals surface area (Å²) in [6, 6.07) is 0. The molecule has 0 amide bonds. The number of hydrogen-bond donors (Lipinski definition) is 0. The van der Waals surface area contributed by atoms with Crippen LogP contribution in [0.2, 0.25) is 0 Å². The molecule has 0 spiro atoms. The third-order valence-electron chi connectivity index (χ3n) is 2.45. The molecule has 0 bridgehead atoms. The van der Waals surface area contributed by atoms with E-state index in [0.29, 0.717) is 6.54 Å². The molecule has 3 rings (SSSR count). The molecular formula is C11H11N5S2. The van der Waals surface area contributed by atoms with Gasteiger partial charge in [-0.05, 0) is 6.42 Å². The van der Waals surface area contributed by atoms with Crippen molar-refractivity contribution in [1.82, 2.24) is 25.0 Å². The van der Waals surface area contributed by atoms with Crippen LogP contribution in [0.4, 0.5) is 0 Å². The van der Waals surface area contributed by atoms with Gasteiger partial charge in [0.2, 0.25) is 0 Å². The van der Waals surface area contributed by atoms with Gasteiger partial charge in [0.15, 0.2) is 0 Å². The average molecular weight is 277 g/mol. The number of aryl methyl sites for hydroxylation is 1. The number of rotatable bonds is 4. The van der Waals surface area contributed by atoms with Gasteiger partial charge in [-0.25, -0.2) is 14.6 Å². The SMILES string of the molecule is CCc1csc(Cn2cc(-c3nccs3)nn2)n1. The zero-order valence-electron chi connectivity index (χ0n) is 9.78. The Kier molecular flexibility index (Phi) is 3.16. The van der Waals surface area contributed by atoms with E-state index in [-0.39, 0.29) is 0 Å². The van der Waals surface area contributed by atoms with Gasteiger partial charge in [0, 0.05) is 17.0 Å². The molecule has 92 valence electrons. The molecule has 0 aromatic carbocycles. The molecule has 0 saturated carbocycles. The van der Waals surface area contributed by atoms with E-state index in [1.807, 2.05) is 11.6 Å². The van der Waals surface area contributed by atoms with Crippen LogP contribution in [-0.4, -0.2) is 25.0 Å². The zero-order valence-corrected chi connectivity index (χ0v) is 11.4. The van der Waals surface area contributed by atoms with Crippen LogP contribution < -0.4 is 0 Å². The van der Waals surface area contributed by atoms with Crippen LogP contribution in [0.1, 0.15) is 17.6 Å². The molecule has 0 atom stereocenters. The Morgan fingerprint density at radius 2 is 2.28 bits per heavy atom. The summed E-state index contributed by atoms with van der Waals surface area (Å²) >= 11 is 3.23. The molecule has 0 aliphatic heterocycles. The summed E-state index contributed by atoms with van der Waals surface area (Å²) in [5.74, 6) is 0. The minimum Gasteiger partial charge on any atom is -0.245 e. The average Bonchev–Trinajstić information content (AvgIpc) is 3.10. The molecule has 0 aliphatic rings. The van der Waals surface area contributed by atoms with E-state index in [9.17, 15) is 0 Å². The fraction of sp³-hybridized carbons (Fsp3) is 0.273. The van der Waals surface area contributed by atoms with Crippen molar-refractivity contribution >= 4 is 22.7 Å². The lowest BCUT2D eigenvalue weighted by Crippen LogP contribution is -2.00. The molecule has 0 N–H and O–H groups in total. The van der Waals surface area contributed by atoms with Crippen LogP contribution in [-0.2, 0) is 13.0 Å². The number of hydrogen-bond acceptors (Lipinski definition) is 6. The van der Waals surface area contributed by atoms with Crippen LogP contribution in [0, 0.1) is 0 Å². The molecule has 0 unspecified atom stereocenters. The highest BCUT2D eigenvalue weighted by Crippen LogP contribution is 2.19. The maximum Gasteiger partial charge on any atom is 0.145 e. The van der Waals surface area contributed by atoms with Gasteiger partial charge >= 0.3 is 0 Å². The van der Waals surface area contributed by atoms with Gasteiger partial charge in [-0.3, -0.25) is 0 Å². The zero-order chi connectivity index (χ0) is 12.4. The highest BCUT2D eigenvalue weighted by molar-refractivity contribution is 7.13. The van der Waals surface area contributed by atoms with Crippen molar-refractivity contribution in [2.24, 2.45) is 0 Å². The first-order chi connectivity index (χ1) is 8.85. The lowest BCUT2D eigenvalue weighted by molar-refractivity contribution is 0.646. The molecule has 3 aromatic rings. The van der Waals surface area contributed by atoms with E-state index in [2.05, 4.69) is 32.6 Å². The van der Waals surface area contributed by atoms with Crippen molar-refractivity contribution in [1.29, 1.82) is 0 Å². The first kappa shape index (κ1) is 11.5. The molecule has 0 aliphatic carbocycles. The van der Waals surface area contributed by atoms with Crippen LogP contribution >= 0.6 is 22.7 Å². The van der Waals surface area contributed by atoms with E-state index in [0.717, 1.165) is 27.8 Å². The lowest BCUT2D eigenvalue weighted by Gasteiger charge is -1.94. The highest BCUT2D eigenvalue weighted by atomic mass is 32.1. The predicted molar refractivity (Wildman–Crippen MR) is 71.7 cm³/mol. The van der Waals surface area contributed by atoms with Gasteiger partial charge in [0.05, 0.1) is 18.4 Å². The Bertz CT molecular complexity index is 625. The monoisotopic (exact) mass is 277 g/mol. The Morgan fingerprint density at radius 3 is 3.00 bits per heavy atom. The first-order valence-corrected chi connectivity index (χ1v) is 7.34. The van der Waals surface area contributed by atoms with Gasteiger partial charge in [-0.15, -0.1) is 27.8 Å². The Hall–Kier alpha value is -1.60. The molecule has 18 heavy (non-hydrogen) atoms. The standard InChI is InChI=1S/C11H11N5S2/c1-2-8-7-18-10(13-8)6-16-5-9(14-15-16)11-12-3-4-17-11/h3-5,7H,2,6H2,1H3. The molecule has 0 radical (unpaired) electrons. The summed E-state index contributed by atoms with van der Waals surface area (Å²) in [4.78, 5) is 8.73. The van der Waals surface area contributed by atoms with Crippen molar-refractivity contribution in [2.45, 2.75) is 19.9 Å². The van der Waals surface area contributed by atoms with E-state index in [4.69, 9.17) is 0 Å². The van der Waals surface area contributed by atoms with E-state index in [1.165, 1.54) is 0 Å². The summed E-state index contributed by atoms with van der Waals surface area (Å²) in [5, 5.41) is 14.2.